The van der Waals surface area contributed by atoms with Gasteiger partial charge >= 0.3 is 5.97 Å². The number of carbonyl (C=O) groups is 2. The number of nitrogens with zero attached hydrogens (tertiary/aromatic N) is 1. The lowest BCUT2D eigenvalue weighted by atomic mass is 10.1. The first-order valence-electron chi connectivity index (χ1n) is 5.84. The van der Waals surface area contributed by atoms with Gasteiger partial charge in [-0.2, -0.15) is 0 Å². The molecule has 0 N–H and O–H groups in total. The number of rotatable bonds is 8. The van der Waals surface area contributed by atoms with Crippen LogP contribution in [0, 0.1) is 5.92 Å². The molecule has 5 heteroatoms. The molecule has 0 fully saturated rings. The van der Waals surface area contributed by atoms with Gasteiger partial charge in [0.25, 0.3) is 0 Å². The number of hydrogen-bond acceptors (Lipinski definition) is 4. The highest BCUT2D eigenvalue weighted by Gasteiger charge is 2.15. The molecule has 0 bridgehead atoms. The van der Waals surface area contributed by atoms with Crippen LogP contribution in [0.1, 0.15) is 26.7 Å². The molecular weight excluding hydrogens is 222 g/mol. The summed E-state index contributed by atoms with van der Waals surface area (Å²) in [6, 6.07) is 0. The Kier molecular flexibility index (Phi) is 8.40. The topological polar surface area (TPSA) is 55.8 Å². The molecule has 1 amide bonds. The minimum absolute atomic E-state index is 0.0564. The fourth-order valence-electron chi connectivity index (χ4n) is 1.37. The highest BCUT2D eigenvalue weighted by molar-refractivity contribution is 5.77. The van der Waals surface area contributed by atoms with Gasteiger partial charge in [-0.25, -0.2) is 0 Å². The Morgan fingerprint density at radius 3 is 2.29 bits per heavy atom. The molecule has 0 aromatic carbocycles. The van der Waals surface area contributed by atoms with E-state index in [0.29, 0.717) is 32.0 Å². The van der Waals surface area contributed by atoms with Crippen molar-refractivity contribution in [1.29, 1.82) is 0 Å². The molecule has 0 aliphatic heterocycles. The summed E-state index contributed by atoms with van der Waals surface area (Å²) in [5.41, 5.74) is 0. The van der Waals surface area contributed by atoms with Crippen molar-refractivity contribution < 1.29 is 19.1 Å². The molecule has 0 aliphatic rings. The van der Waals surface area contributed by atoms with Crippen LogP contribution >= 0.6 is 0 Å². The molecule has 0 rings (SSSR count). The van der Waals surface area contributed by atoms with E-state index in [4.69, 9.17) is 4.74 Å². The fraction of sp³-hybridized carbons (Fsp3) is 0.833. The van der Waals surface area contributed by atoms with E-state index in [1.165, 1.54) is 7.11 Å². The quantitative estimate of drug-likeness (QED) is 0.600. The van der Waals surface area contributed by atoms with E-state index in [2.05, 4.69) is 4.74 Å². The summed E-state index contributed by atoms with van der Waals surface area (Å²) >= 11 is 0. The van der Waals surface area contributed by atoms with E-state index in [0.717, 1.165) is 0 Å². The monoisotopic (exact) mass is 245 g/mol. The van der Waals surface area contributed by atoms with Gasteiger partial charge in [-0.1, -0.05) is 13.8 Å². The first-order valence-corrected chi connectivity index (χ1v) is 5.84. The summed E-state index contributed by atoms with van der Waals surface area (Å²) < 4.78 is 9.51. The van der Waals surface area contributed by atoms with Gasteiger partial charge in [0, 0.05) is 26.6 Å². The van der Waals surface area contributed by atoms with E-state index < -0.39 is 0 Å². The van der Waals surface area contributed by atoms with E-state index in [1.807, 2.05) is 13.8 Å². The summed E-state index contributed by atoms with van der Waals surface area (Å²) in [6.45, 7) is 5.37. The molecule has 0 heterocycles. The largest absolute Gasteiger partial charge is 0.469 e. The van der Waals surface area contributed by atoms with Crippen molar-refractivity contribution in [2.75, 3.05) is 33.9 Å². The predicted molar refractivity (Wildman–Crippen MR) is 64.5 cm³/mol. The number of esters is 1. The average molecular weight is 245 g/mol. The van der Waals surface area contributed by atoms with Gasteiger partial charge in [0.2, 0.25) is 5.91 Å². The molecule has 100 valence electrons. The third-order valence-electron chi connectivity index (χ3n) is 2.31. The second kappa shape index (κ2) is 8.98. The highest BCUT2D eigenvalue weighted by atomic mass is 16.5. The molecule has 0 aliphatic carbocycles. The van der Waals surface area contributed by atoms with Gasteiger partial charge in [-0.05, 0) is 5.92 Å². The molecule has 0 saturated heterocycles. The Bertz CT molecular complexity index is 241. The number of hydrogen-bond donors (Lipinski definition) is 0. The van der Waals surface area contributed by atoms with Crippen LogP contribution in [0.4, 0.5) is 0 Å². The van der Waals surface area contributed by atoms with Gasteiger partial charge < -0.3 is 14.4 Å². The Morgan fingerprint density at radius 1 is 1.18 bits per heavy atom. The molecule has 0 radical (unpaired) electrons. The van der Waals surface area contributed by atoms with E-state index in [9.17, 15) is 9.59 Å². The van der Waals surface area contributed by atoms with Gasteiger partial charge in [0.1, 0.15) is 0 Å². The van der Waals surface area contributed by atoms with E-state index in [-0.39, 0.29) is 18.3 Å². The Morgan fingerprint density at radius 2 is 1.82 bits per heavy atom. The van der Waals surface area contributed by atoms with Gasteiger partial charge in [0.05, 0.1) is 20.1 Å². The molecule has 17 heavy (non-hydrogen) atoms. The molecule has 0 saturated carbocycles. The van der Waals surface area contributed by atoms with Crippen LogP contribution in [0.15, 0.2) is 0 Å². The van der Waals surface area contributed by atoms with Crippen molar-refractivity contribution in [2.45, 2.75) is 26.7 Å². The third kappa shape index (κ3) is 7.74. The Labute approximate surface area is 103 Å². The van der Waals surface area contributed by atoms with Crippen LogP contribution in [0.5, 0.6) is 0 Å². The summed E-state index contributed by atoms with van der Waals surface area (Å²) in [4.78, 5) is 24.6. The van der Waals surface area contributed by atoms with Gasteiger partial charge in [0.15, 0.2) is 0 Å². The first kappa shape index (κ1) is 15.9. The lowest BCUT2D eigenvalue weighted by Crippen LogP contribution is -2.36. The smallest absolute Gasteiger partial charge is 0.307 e. The second-order valence-electron chi connectivity index (χ2n) is 4.30. The highest BCUT2D eigenvalue weighted by Crippen LogP contribution is 2.05. The lowest BCUT2D eigenvalue weighted by Gasteiger charge is -2.22. The standard InChI is InChI=1S/C12H23NO4/c1-10(2)9-11(14)13(7-8-16-3)6-5-12(15)17-4/h10H,5-9H2,1-4H3. The second-order valence-corrected chi connectivity index (χ2v) is 4.30. The zero-order valence-corrected chi connectivity index (χ0v) is 11.2. The molecule has 0 atom stereocenters. The van der Waals surface area contributed by atoms with Crippen molar-refractivity contribution in [3.8, 4) is 0 Å². The minimum Gasteiger partial charge on any atom is -0.469 e. The summed E-state index contributed by atoms with van der Waals surface area (Å²) in [5, 5.41) is 0. The van der Waals surface area contributed by atoms with Crippen molar-refractivity contribution in [1.82, 2.24) is 4.90 Å². The van der Waals surface area contributed by atoms with Crippen molar-refractivity contribution in [3.63, 3.8) is 0 Å². The number of ether oxygens (including phenoxy) is 2. The van der Waals surface area contributed by atoms with Crippen LogP contribution in [-0.2, 0) is 19.1 Å². The number of methoxy groups -OCH3 is 2. The average Bonchev–Trinajstić information content (AvgIpc) is 2.27. The van der Waals surface area contributed by atoms with Crippen LogP contribution in [0.3, 0.4) is 0 Å². The maximum Gasteiger partial charge on any atom is 0.307 e. The van der Waals surface area contributed by atoms with E-state index in [1.54, 1.807) is 12.0 Å². The van der Waals surface area contributed by atoms with Crippen LogP contribution < -0.4 is 0 Å². The predicted octanol–water partition coefficient (Wildman–Crippen LogP) is 1.07. The first-order chi connectivity index (χ1) is 8.01. The van der Waals surface area contributed by atoms with Crippen LogP contribution in [-0.4, -0.2) is 50.7 Å². The maximum absolute atomic E-state index is 11.9. The molecule has 0 aromatic rings. The Balaban J connectivity index is 4.21. The zero-order chi connectivity index (χ0) is 13.3. The van der Waals surface area contributed by atoms with Crippen molar-refractivity contribution >= 4 is 11.9 Å². The van der Waals surface area contributed by atoms with Crippen LogP contribution in [0.2, 0.25) is 0 Å². The lowest BCUT2D eigenvalue weighted by molar-refractivity contribution is -0.142. The number of amides is 1. The Hall–Kier alpha value is -1.10. The van der Waals surface area contributed by atoms with Crippen molar-refractivity contribution in [3.05, 3.63) is 0 Å². The zero-order valence-electron chi connectivity index (χ0n) is 11.2. The number of carbonyl (C=O) groups excluding carboxylic acids is 2. The minimum atomic E-state index is -0.301. The fourth-order valence-corrected chi connectivity index (χ4v) is 1.37. The molecule has 5 nitrogen and oxygen atoms in total. The molecule has 0 spiro atoms. The summed E-state index contributed by atoms with van der Waals surface area (Å²) in [5.74, 6) is 0.0661. The van der Waals surface area contributed by atoms with E-state index >= 15 is 0 Å². The van der Waals surface area contributed by atoms with Crippen molar-refractivity contribution in [2.24, 2.45) is 5.92 Å². The third-order valence-corrected chi connectivity index (χ3v) is 2.31. The SMILES string of the molecule is COCCN(CCC(=O)OC)C(=O)CC(C)C. The summed E-state index contributed by atoms with van der Waals surface area (Å²) in [7, 11) is 2.93. The normalized spacial score (nSPS) is 10.4. The molecular formula is C12H23NO4. The molecule has 0 unspecified atom stereocenters. The van der Waals surface area contributed by atoms with Gasteiger partial charge in [-0.15, -0.1) is 0 Å². The molecule has 0 aromatic heterocycles. The summed E-state index contributed by atoms with van der Waals surface area (Å²) in [6.07, 6.45) is 0.717. The van der Waals surface area contributed by atoms with Gasteiger partial charge in [-0.3, -0.25) is 9.59 Å². The van der Waals surface area contributed by atoms with Crippen LogP contribution in [0.25, 0.3) is 0 Å². The maximum atomic E-state index is 11.9.